The topological polar surface area (TPSA) is 132 Å². The number of primary sulfonamides is 1. The molecule has 0 amide bonds. The van der Waals surface area contributed by atoms with Gasteiger partial charge < -0.3 is 15.4 Å². The second-order valence-electron chi connectivity index (χ2n) is 7.01. The third kappa shape index (κ3) is 7.14. The molecule has 9 nitrogen and oxygen atoms in total. The molecule has 0 radical (unpaired) electrons. The maximum absolute atomic E-state index is 13.4. The quantitative estimate of drug-likeness (QED) is 0.358. The van der Waals surface area contributed by atoms with Gasteiger partial charge in [-0.3, -0.25) is 0 Å². The molecule has 0 aliphatic carbocycles. The Kier molecular flexibility index (Phi) is 7.54. The lowest BCUT2D eigenvalue weighted by Gasteiger charge is -2.17. The van der Waals surface area contributed by atoms with Gasteiger partial charge in [-0.15, -0.1) is 0 Å². The third-order valence-corrected chi connectivity index (χ3v) is 5.27. The van der Waals surface area contributed by atoms with Crippen molar-refractivity contribution in [3.8, 4) is 5.75 Å². The number of pyridine rings is 1. The van der Waals surface area contributed by atoms with Crippen molar-refractivity contribution >= 4 is 33.2 Å². The first kappa shape index (κ1) is 26.9. The van der Waals surface area contributed by atoms with Crippen LogP contribution in [0, 0.1) is 0 Å². The number of benzene rings is 1. The van der Waals surface area contributed by atoms with Crippen LogP contribution in [0.4, 0.5) is 53.9 Å². The number of alkyl halides is 7. The SMILES string of the molecule is NS(=O)(=O)c1cc(Nc2cc(Nc3ccc(C(F)(F)F)cn3)ncn2)c(OCC(F)(F)F)cc1CF. The average Bonchev–Trinajstić information content (AvgIpc) is 2.77. The number of halogens is 7. The van der Waals surface area contributed by atoms with Crippen molar-refractivity contribution < 1.29 is 43.9 Å². The van der Waals surface area contributed by atoms with Gasteiger partial charge >= 0.3 is 12.4 Å². The molecule has 0 aliphatic rings. The Balaban J connectivity index is 1.92. The highest BCUT2D eigenvalue weighted by atomic mass is 32.2. The minimum Gasteiger partial charge on any atom is -0.482 e. The number of anilines is 4. The summed E-state index contributed by atoms with van der Waals surface area (Å²) in [6.45, 7) is -3.13. The Morgan fingerprint density at radius 1 is 0.917 bits per heavy atom. The molecule has 0 spiro atoms. The van der Waals surface area contributed by atoms with E-state index in [2.05, 4.69) is 25.6 Å². The molecule has 0 unspecified atom stereocenters. The summed E-state index contributed by atoms with van der Waals surface area (Å²) in [6.07, 6.45) is -7.76. The predicted octanol–water partition coefficient (Wildman–Crippen LogP) is 4.44. The van der Waals surface area contributed by atoms with E-state index in [4.69, 9.17) is 9.88 Å². The molecular formula is C19H15F7N6O3S. The Morgan fingerprint density at radius 2 is 1.58 bits per heavy atom. The molecule has 36 heavy (non-hydrogen) atoms. The fourth-order valence-corrected chi connectivity index (χ4v) is 3.51. The first-order valence-corrected chi connectivity index (χ1v) is 11.0. The Labute approximate surface area is 198 Å². The second kappa shape index (κ2) is 10.1. The number of hydrogen-bond donors (Lipinski definition) is 3. The highest BCUT2D eigenvalue weighted by molar-refractivity contribution is 7.89. The number of nitrogens with zero attached hydrogens (tertiary/aromatic N) is 3. The number of sulfonamides is 1. The van der Waals surface area contributed by atoms with Crippen LogP contribution >= 0.6 is 0 Å². The van der Waals surface area contributed by atoms with Crippen LogP contribution in [0.3, 0.4) is 0 Å². The van der Waals surface area contributed by atoms with Crippen LogP contribution in [-0.2, 0) is 22.9 Å². The molecule has 0 saturated carbocycles. The zero-order valence-corrected chi connectivity index (χ0v) is 18.5. The number of rotatable bonds is 8. The second-order valence-corrected chi connectivity index (χ2v) is 8.54. The van der Waals surface area contributed by atoms with Crippen LogP contribution in [0.5, 0.6) is 5.75 Å². The number of ether oxygens (including phenoxy) is 1. The minimum atomic E-state index is -4.76. The zero-order valence-electron chi connectivity index (χ0n) is 17.7. The van der Waals surface area contributed by atoms with Gasteiger partial charge in [0.1, 0.15) is 36.2 Å². The van der Waals surface area contributed by atoms with Gasteiger partial charge in [-0.1, -0.05) is 0 Å². The molecule has 194 valence electrons. The number of nitrogens with two attached hydrogens (primary N) is 1. The fraction of sp³-hybridized carbons (Fsp3) is 0.211. The van der Waals surface area contributed by atoms with E-state index in [-0.39, 0.29) is 23.1 Å². The summed E-state index contributed by atoms with van der Waals surface area (Å²) in [5, 5.41) is 10.2. The molecule has 0 bridgehead atoms. The first-order valence-electron chi connectivity index (χ1n) is 9.50. The minimum absolute atomic E-state index is 0.00423. The van der Waals surface area contributed by atoms with E-state index in [1.165, 1.54) is 6.07 Å². The highest BCUT2D eigenvalue weighted by Crippen LogP contribution is 2.35. The Bertz CT molecular complexity index is 1330. The van der Waals surface area contributed by atoms with Crippen molar-refractivity contribution in [2.45, 2.75) is 23.9 Å². The summed E-state index contributed by atoms with van der Waals surface area (Å²) in [5.74, 6) is -0.676. The van der Waals surface area contributed by atoms with E-state index >= 15 is 0 Å². The van der Waals surface area contributed by atoms with E-state index in [0.717, 1.165) is 30.6 Å². The summed E-state index contributed by atoms with van der Waals surface area (Å²) in [4.78, 5) is 10.6. The lowest BCUT2D eigenvalue weighted by molar-refractivity contribution is -0.153. The standard InChI is InChI=1S/C19H15F7N6O3S/c20-6-10-3-13(35-8-18(21,22)23)12(4-14(10)36(27,33)34)31-16-5-17(30-9-29-16)32-15-2-1-11(7-28-15)19(24,25)26/h1-5,7,9H,6,8H2,(H2,27,33,34)(H2,28,29,30,31,32). The van der Waals surface area contributed by atoms with Crippen molar-refractivity contribution in [2.24, 2.45) is 5.14 Å². The molecule has 0 fully saturated rings. The summed E-state index contributed by atoms with van der Waals surface area (Å²) in [7, 11) is -4.47. The lowest BCUT2D eigenvalue weighted by atomic mass is 10.2. The largest absolute Gasteiger partial charge is 0.482 e. The van der Waals surface area contributed by atoms with Gasteiger partial charge in [-0.25, -0.2) is 32.9 Å². The smallest absolute Gasteiger partial charge is 0.422 e. The fourth-order valence-electron chi connectivity index (χ4n) is 2.75. The molecule has 3 rings (SSSR count). The number of aromatic nitrogens is 3. The first-order chi connectivity index (χ1) is 16.7. The molecular weight excluding hydrogens is 525 g/mol. The molecule has 1 aromatic carbocycles. The maximum Gasteiger partial charge on any atom is 0.422 e. The van der Waals surface area contributed by atoms with Crippen molar-refractivity contribution in [2.75, 3.05) is 17.2 Å². The van der Waals surface area contributed by atoms with Gasteiger partial charge in [0.15, 0.2) is 6.61 Å². The molecule has 0 aliphatic heterocycles. The van der Waals surface area contributed by atoms with Gasteiger partial charge in [-0.05, 0) is 24.3 Å². The summed E-state index contributed by atoms with van der Waals surface area (Å²) in [5.41, 5.74) is -1.86. The Hall–Kier alpha value is -3.73. The molecule has 4 N–H and O–H groups in total. The summed E-state index contributed by atoms with van der Waals surface area (Å²) >= 11 is 0. The van der Waals surface area contributed by atoms with Crippen molar-refractivity contribution in [1.29, 1.82) is 0 Å². The summed E-state index contributed by atoms with van der Waals surface area (Å²) < 4.78 is 118. The van der Waals surface area contributed by atoms with Crippen LogP contribution in [0.15, 0.2) is 47.8 Å². The number of hydrogen-bond acceptors (Lipinski definition) is 8. The predicted molar refractivity (Wildman–Crippen MR) is 112 cm³/mol. The number of nitrogens with one attached hydrogen (secondary N) is 2. The van der Waals surface area contributed by atoms with Gasteiger partial charge in [-0.2, -0.15) is 26.3 Å². The van der Waals surface area contributed by atoms with Crippen LogP contribution in [-0.4, -0.2) is 36.2 Å². The van der Waals surface area contributed by atoms with Crippen LogP contribution in [0.1, 0.15) is 11.1 Å². The van der Waals surface area contributed by atoms with Crippen molar-refractivity contribution in [3.63, 3.8) is 0 Å². The summed E-state index contributed by atoms with van der Waals surface area (Å²) in [6, 6.07) is 4.53. The van der Waals surface area contributed by atoms with Crippen molar-refractivity contribution in [1.82, 2.24) is 15.0 Å². The van der Waals surface area contributed by atoms with Gasteiger partial charge in [0.2, 0.25) is 10.0 Å². The van der Waals surface area contributed by atoms with E-state index < -0.39 is 57.4 Å². The van der Waals surface area contributed by atoms with E-state index in [1.54, 1.807) is 0 Å². The van der Waals surface area contributed by atoms with Gasteiger partial charge in [0.05, 0.1) is 16.1 Å². The average molecular weight is 540 g/mol. The normalized spacial score (nSPS) is 12.3. The zero-order chi connectivity index (χ0) is 26.7. The maximum atomic E-state index is 13.4. The third-order valence-electron chi connectivity index (χ3n) is 4.28. The van der Waals surface area contributed by atoms with Gasteiger partial charge in [0.25, 0.3) is 0 Å². The van der Waals surface area contributed by atoms with Crippen LogP contribution < -0.4 is 20.5 Å². The highest BCUT2D eigenvalue weighted by Gasteiger charge is 2.31. The monoisotopic (exact) mass is 540 g/mol. The van der Waals surface area contributed by atoms with E-state index in [1.807, 2.05) is 0 Å². The molecule has 17 heteroatoms. The molecule has 2 aromatic heterocycles. The van der Waals surface area contributed by atoms with Gasteiger partial charge in [0, 0.05) is 17.8 Å². The van der Waals surface area contributed by atoms with Crippen LogP contribution in [0.2, 0.25) is 0 Å². The molecule has 0 saturated heterocycles. The van der Waals surface area contributed by atoms with E-state index in [0.29, 0.717) is 6.20 Å². The van der Waals surface area contributed by atoms with Crippen molar-refractivity contribution in [3.05, 3.63) is 54.0 Å². The van der Waals surface area contributed by atoms with E-state index in [9.17, 15) is 39.2 Å². The molecule has 0 atom stereocenters. The Morgan fingerprint density at radius 3 is 2.11 bits per heavy atom. The molecule has 3 aromatic rings. The molecule has 2 heterocycles. The van der Waals surface area contributed by atoms with Crippen LogP contribution in [0.25, 0.3) is 0 Å². The lowest BCUT2D eigenvalue weighted by Crippen LogP contribution is -2.20.